The number of carbonyl (C=O) groups is 2. The number of Topliss-reactive ketones (excluding diaryl/α,β-unsaturated/α-hetero) is 1. The van der Waals surface area contributed by atoms with Crippen molar-refractivity contribution in [3.05, 3.63) is 59.7 Å². The molecule has 1 aliphatic rings. The third kappa shape index (κ3) is 4.42. The number of ether oxygens (including phenoxy) is 1. The van der Waals surface area contributed by atoms with Crippen molar-refractivity contribution >= 4 is 11.9 Å². The average Bonchev–Trinajstić information content (AvgIpc) is 3.03. The second-order valence-electron chi connectivity index (χ2n) is 7.05. The van der Waals surface area contributed by atoms with Crippen molar-refractivity contribution in [3.8, 4) is 11.1 Å². The first kappa shape index (κ1) is 20.1. The summed E-state index contributed by atoms with van der Waals surface area (Å²) in [6.07, 6.45) is 0.655. The van der Waals surface area contributed by atoms with Crippen LogP contribution in [0.4, 0.5) is 4.79 Å². The van der Waals surface area contributed by atoms with Gasteiger partial charge in [0, 0.05) is 18.9 Å². The molecule has 28 heavy (non-hydrogen) atoms. The fourth-order valence-electron chi connectivity index (χ4n) is 3.74. The first-order valence-corrected chi connectivity index (χ1v) is 10.0. The van der Waals surface area contributed by atoms with Gasteiger partial charge in [0.15, 0.2) is 5.78 Å². The molecule has 1 amide bonds. The highest BCUT2D eigenvalue weighted by Crippen LogP contribution is 2.44. The molecule has 0 aromatic heterocycles. The molecule has 2 N–H and O–H groups in total. The van der Waals surface area contributed by atoms with Crippen molar-refractivity contribution in [3.63, 3.8) is 0 Å². The number of benzene rings is 2. The number of alkyl carbamates (subject to hydrolysis) is 1. The van der Waals surface area contributed by atoms with E-state index in [2.05, 4.69) is 34.9 Å². The van der Waals surface area contributed by atoms with E-state index in [4.69, 9.17) is 4.74 Å². The molecule has 0 saturated carbocycles. The lowest BCUT2D eigenvalue weighted by atomic mass is 9.98. The summed E-state index contributed by atoms with van der Waals surface area (Å²) in [5, 5.41) is 5.86. The molecule has 0 saturated heterocycles. The zero-order valence-corrected chi connectivity index (χ0v) is 16.5. The predicted molar refractivity (Wildman–Crippen MR) is 110 cm³/mol. The van der Waals surface area contributed by atoms with Crippen molar-refractivity contribution in [2.45, 2.75) is 38.6 Å². The Hall–Kier alpha value is -2.66. The largest absolute Gasteiger partial charge is 0.449 e. The van der Waals surface area contributed by atoms with Crippen LogP contribution in [0.5, 0.6) is 0 Å². The topological polar surface area (TPSA) is 67.4 Å². The summed E-state index contributed by atoms with van der Waals surface area (Å²) in [4.78, 5) is 24.7. The number of hydrogen-bond donors (Lipinski definition) is 2. The number of likely N-dealkylation sites (N-methyl/N-ethyl adjacent to an activating group) is 1. The van der Waals surface area contributed by atoms with Gasteiger partial charge in [-0.2, -0.15) is 0 Å². The Bertz CT molecular complexity index is 789. The second-order valence-corrected chi connectivity index (χ2v) is 7.05. The lowest BCUT2D eigenvalue weighted by Gasteiger charge is -2.19. The Morgan fingerprint density at radius 2 is 1.61 bits per heavy atom. The number of nitrogens with one attached hydrogen (secondary N) is 2. The van der Waals surface area contributed by atoms with E-state index in [0.29, 0.717) is 13.0 Å². The lowest BCUT2D eigenvalue weighted by Crippen LogP contribution is -2.47. The van der Waals surface area contributed by atoms with E-state index in [1.165, 1.54) is 22.3 Å². The van der Waals surface area contributed by atoms with E-state index in [1.807, 2.05) is 38.1 Å². The first-order chi connectivity index (χ1) is 13.7. The highest BCUT2D eigenvalue weighted by molar-refractivity contribution is 5.87. The van der Waals surface area contributed by atoms with Gasteiger partial charge in [0.2, 0.25) is 0 Å². The predicted octanol–water partition coefficient (Wildman–Crippen LogP) is 3.87. The van der Waals surface area contributed by atoms with Gasteiger partial charge >= 0.3 is 6.09 Å². The van der Waals surface area contributed by atoms with Crippen molar-refractivity contribution in [2.75, 3.05) is 19.7 Å². The van der Waals surface area contributed by atoms with Crippen LogP contribution in [-0.2, 0) is 9.53 Å². The lowest BCUT2D eigenvalue weighted by molar-refractivity contribution is -0.120. The Morgan fingerprint density at radius 1 is 1.00 bits per heavy atom. The molecule has 3 rings (SSSR count). The van der Waals surface area contributed by atoms with E-state index in [1.54, 1.807) is 0 Å². The van der Waals surface area contributed by atoms with Gasteiger partial charge in [0.1, 0.15) is 12.6 Å². The molecule has 2 aromatic rings. The Morgan fingerprint density at radius 3 is 2.18 bits per heavy atom. The van der Waals surface area contributed by atoms with Crippen LogP contribution < -0.4 is 10.6 Å². The molecule has 1 atom stereocenters. The molecule has 5 heteroatoms. The summed E-state index contributed by atoms with van der Waals surface area (Å²) in [6.45, 7) is 5.32. The highest BCUT2D eigenvalue weighted by Gasteiger charge is 2.29. The van der Waals surface area contributed by atoms with Gasteiger partial charge in [0.25, 0.3) is 0 Å². The quantitative estimate of drug-likeness (QED) is 0.693. The number of fused-ring (bicyclic) bond motifs is 3. The van der Waals surface area contributed by atoms with Crippen LogP contribution >= 0.6 is 0 Å². The number of ketones is 1. The van der Waals surface area contributed by atoms with Gasteiger partial charge in [-0.3, -0.25) is 4.79 Å². The maximum absolute atomic E-state index is 12.4. The van der Waals surface area contributed by atoms with Gasteiger partial charge in [-0.05, 0) is 35.2 Å². The summed E-state index contributed by atoms with van der Waals surface area (Å²) in [5.41, 5.74) is 4.72. The third-order valence-electron chi connectivity index (χ3n) is 5.12. The molecule has 5 nitrogen and oxygen atoms in total. The molecular weight excluding hydrogens is 352 g/mol. The van der Waals surface area contributed by atoms with Crippen LogP contribution in [-0.4, -0.2) is 37.6 Å². The van der Waals surface area contributed by atoms with Crippen LogP contribution in [0, 0.1) is 0 Å². The standard InChI is InChI=1S/C23H28N2O3/c1-3-9-22(26)21(14-24-4-2)25-23(27)28-15-20-18-12-7-5-10-16(18)17-11-6-8-13-19(17)20/h5-8,10-13,20-21,24H,3-4,9,14-15H2,1-2H3,(H,25,27). The molecule has 0 bridgehead atoms. The summed E-state index contributed by atoms with van der Waals surface area (Å²) in [6, 6.07) is 15.9. The molecule has 0 fully saturated rings. The number of amides is 1. The molecular formula is C23H28N2O3. The average molecular weight is 380 g/mol. The van der Waals surface area contributed by atoms with Crippen molar-refractivity contribution in [2.24, 2.45) is 0 Å². The molecule has 148 valence electrons. The van der Waals surface area contributed by atoms with Crippen LogP contribution in [0.3, 0.4) is 0 Å². The Balaban J connectivity index is 1.66. The summed E-state index contributed by atoms with van der Waals surface area (Å²) in [5.74, 6) is 0.0358. The van der Waals surface area contributed by atoms with Gasteiger partial charge in [-0.15, -0.1) is 0 Å². The minimum atomic E-state index is -0.560. The van der Waals surface area contributed by atoms with E-state index >= 15 is 0 Å². The van der Waals surface area contributed by atoms with E-state index < -0.39 is 12.1 Å². The van der Waals surface area contributed by atoms with E-state index in [0.717, 1.165) is 13.0 Å². The van der Waals surface area contributed by atoms with Crippen molar-refractivity contribution < 1.29 is 14.3 Å². The third-order valence-corrected chi connectivity index (χ3v) is 5.12. The van der Waals surface area contributed by atoms with E-state index in [-0.39, 0.29) is 18.3 Å². The normalized spacial score (nSPS) is 13.5. The van der Waals surface area contributed by atoms with Crippen molar-refractivity contribution in [1.82, 2.24) is 10.6 Å². The SMILES string of the molecule is CCCC(=O)C(CNCC)NC(=O)OCC1c2ccccc2-c2ccccc21. The summed E-state index contributed by atoms with van der Waals surface area (Å²) in [7, 11) is 0. The number of hydrogen-bond acceptors (Lipinski definition) is 4. The molecule has 0 aliphatic heterocycles. The minimum absolute atomic E-state index is 0.0108. The van der Waals surface area contributed by atoms with Gasteiger partial charge in [0.05, 0.1) is 0 Å². The molecule has 2 aromatic carbocycles. The fraction of sp³-hybridized carbons (Fsp3) is 0.391. The van der Waals surface area contributed by atoms with Crippen LogP contribution in [0.2, 0.25) is 0 Å². The minimum Gasteiger partial charge on any atom is -0.449 e. The van der Waals surface area contributed by atoms with Crippen LogP contribution in [0.25, 0.3) is 11.1 Å². The molecule has 0 spiro atoms. The zero-order valence-electron chi connectivity index (χ0n) is 16.5. The maximum Gasteiger partial charge on any atom is 0.407 e. The smallest absolute Gasteiger partial charge is 0.407 e. The van der Waals surface area contributed by atoms with E-state index in [9.17, 15) is 9.59 Å². The summed E-state index contributed by atoms with van der Waals surface area (Å²) < 4.78 is 5.55. The maximum atomic E-state index is 12.4. The molecule has 1 aliphatic carbocycles. The molecule has 1 unspecified atom stereocenters. The van der Waals surface area contributed by atoms with Crippen molar-refractivity contribution in [1.29, 1.82) is 0 Å². The monoisotopic (exact) mass is 380 g/mol. The number of carbonyl (C=O) groups excluding carboxylic acids is 2. The Labute approximate surface area is 166 Å². The molecule has 0 radical (unpaired) electrons. The second kappa shape index (κ2) is 9.51. The molecule has 0 heterocycles. The highest BCUT2D eigenvalue weighted by atomic mass is 16.5. The van der Waals surface area contributed by atoms with Gasteiger partial charge < -0.3 is 15.4 Å². The van der Waals surface area contributed by atoms with Gasteiger partial charge in [-0.1, -0.05) is 62.4 Å². The zero-order chi connectivity index (χ0) is 19.9. The van der Waals surface area contributed by atoms with Crippen LogP contribution in [0.15, 0.2) is 48.5 Å². The fourth-order valence-corrected chi connectivity index (χ4v) is 3.74. The van der Waals surface area contributed by atoms with Crippen LogP contribution in [0.1, 0.15) is 43.7 Å². The first-order valence-electron chi connectivity index (χ1n) is 10.0. The summed E-state index contributed by atoms with van der Waals surface area (Å²) >= 11 is 0. The number of rotatable bonds is 9. The Kier molecular flexibility index (Phi) is 6.82. The van der Waals surface area contributed by atoms with Gasteiger partial charge in [-0.25, -0.2) is 4.79 Å².